The highest BCUT2D eigenvalue weighted by molar-refractivity contribution is 6.33. The second-order valence-corrected chi connectivity index (χ2v) is 7.28. The molecule has 0 atom stereocenters. The zero-order valence-corrected chi connectivity index (χ0v) is 15.0. The maximum Gasteiger partial charge on any atom is 0.0709 e. The van der Waals surface area contributed by atoms with E-state index in [0.29, 0.717) is 5.02 Å². The van der Waals surface area contributed by atoms with Gasteiger partial charge in [0.15, 0.2) is 0 Å². The summed E-state index contributed by atoms with van der Waals surface area (Å²) in [6.45, 7) is 0. The lowest BCUT2D eigenvalue weighted by Gasteiger charge is -2.22. The van der Waals surface area contributed by atoms with Crippen LogP contribution in [0.1, 0.15) is 43.6 Å². The number of rotatable bonds is 3. The Morgan fingerprint density at radius 1 is 0.800 bits per heavy atom. The first-order valence-corrected chi connectivity index (χ1v) is 9.50. The molecule has 0 aliphatic heterocycles. The van der Waals surface area contributed by atoms with Gasteiger partial charge < -0.3 is 0 Å². The van der Waals surface area contributed by atoms with Crippen molar-refractivity contribution in [2.24, 2.45) is 0 Å². The molecule has 1 nitrogen and oxygen atoms in total. The van der Waals surface area contributed by atoms with Gasteiger partial charge >= 0.3 is 0 Å². The van der Waals surface area contributed by atoms with Crippen LogP contribution in [0.2, 0.25) is 5.02 Å². The van der Waals surface area contributed by atoms with Gasteiger partial charge in [-0.3, -0.25) is 4.98 Å². The van der Waals surface area contributed by atoms with E-state index in [1.165, 1.54) is 37.7 Å². The summed E-state index contributed by atoms with van der Waals surface area (Å²) in [6, 6.07) is 21.3. The highest BCUT2D eigenvalue weighted by Crippen LogP contribution is 2.35. The van der Waals surface area contributed by atoms with Gasteiger partial charge in [-0.05, 0) is 36.0 Å². The molecule has 0 radical (unpaired) electrons. The third-order valence-electron chi connectivity index (χ3n) is 5.22. The molecular formula is C23H22ClN. The topological polar surface area (TPSA) is 12.9 Å². The number of pyridine rings is 1. The standard InChI is InChI=1S/C23H22ClN/c24-22-16-25-23(20-9-5-2-6-10-20)15-21(22)19-13-11-18(12-14-19)17-7-3-1-4-8-17/h2,5-6,9-17H,1,3-4,7-8H2. The molecule has 4 rings (SSSR count). The first-order valence-electron chi connectivity index (χ1n) is 9.12. The molecule has 25 heavy (non-hydrogen) atoms. The lowest BCUT2D eigenvalue weighted by atomic mass is 9.84. The predicted molar refractivity (Wildman–Crippen MR) is 106 cm³/mol. The normalized spacial score (nSPS) is 15.2. The summed E-state index contributed by atoms with van der Waals surface area (Å²) in [6.07, 6.45) is 8.53. The summed E-state index contributed by atoms with van der Waals surface area (Å²) >= 11 is 6.44. The smallest absolute Gasteiger partial charge is 0.0709 e. The summed E-state index contributed by atoms with van der Waals surface area (Å²) in [5.74, 6) is 0.732. The van der Waals surface area contributed by atoms with E-state index in [1.807, 2.05) is 18.2 Å². The molecule has 0 amide bonds. The number of aromatic nitrogens is 1. The first kappa shape index (κ1) is 16.4. The number of benzene rings is 2. The van der Waals surface area contributed by atoms with E-state index in [4.69, 9.17) is 11.6 Å². The zero-order chi connectivity index (χ0) is 17.1. The van der Waals surface area contributed by atoms with Crippen molar-refractivity contribution in [3.8, 4) is 22.4 Å². The third kappa shape index (κ3) is 3.62. The Balaban J connectivity index is 1.65. The van der Waals surface area contributed by atoms with E-state index >= 15 is 0 Å². The molecule has 126 valence electrons. The fourth-order valence-corrected chi connectivity index (χ4v) is 4.01. The van der Waals surface area contributed by atoms with Crippen LogP contribution in [0.4, 0.5) is 0 Å². The average Bonchev–Trinajstić information content (AvgIpc) is 2.70. The largest absolute Gasteiger partial charge is 0.255 e. The molecular weight excluding hydrogens is 326 g/mol. The van der Waals surface area contributed by atoms with Gasteiger partial charge in [-0.1, -0.05) is 85.5 Å². The maximum atomic E-state index is 6.44. The first-order chi connectivity index (χ1) is 12.3. The summed E-state index contributed by atoms with van der Waals surface area (Å²) in [4.78, 5) is 4.49. The Hall–Kier alpha value is -2.12. The molecule has 0 N–H and O–H groups in total. The van der Waals surface area contributed by atoms with Crippen LogP contribution in [0.5, 0.6) is 0 Å². The summed E-state index contributed by atoms with van der Waals surface area (Å²) in [5, 5.41) is 0.699. The van der Waals surface area contributed by atoms with Gasteiger partial charge in [-0.2, -0.15) is 0 Å². The Morgan fingerprint density at radius 2 is 1.52 bits per heavy atom. The second-order valence-electron chi connectivity index (χ2n) is 6.87. The fraction of sp³-hybridized carbons (Fsp3) is 0.261. The van der Waals surface area contributed by atoms with Crippen LogP contribution in [0.15, 0.2) is 66.9 Å². The minimum Gasteiger partial charge on any atom is -0.255 e. The van der Waals surface area contributed by atoms with Gasteiger partial charge in [0, 0.05) is 17.3 Å². The molecule has 0 saturated heterocycles. The maximum absolute atomic E-state index is 6.44. The molecule has 1 aliphatic carbocycles. The Bertz CT molecular complexity index is 834. The van der Waals surface area contributed by atoms with E-state index in [9.17, 15) is 0 Å². The van der Waals surface area contributed by atoms with Crippen LogP contribution < -0.4 is 0 Å². The van der Waals surface area contributed by atoms with Crippen LogP contribution in [-0.4, -0.2) is 4.98 Å². The van der Waals surface area contributed by atoms with Gasteiger partial charge in [0.25, 0.3) is 0 Å². The van der Waals surface area contributed by atoms with Crippen molar-refractivity contribution in [1.29, 1.82) is 0 Å². The van der Waals surface area contributed by atoms with Gasteiger partial charge in [0.2, 0.25) is 0 Å². The summed E-state index contributed by atoms with van der Waals surface area (Å²) in [5.41, 5.74) is 5.74. The molecule has 1 heterocycles. The van der Waals surface area contributed by atoms with Crippen LogP contribution >= 0.6 is 11.6 Å². The molecule has 1 aliphatic rings. The lowest BCUT2D eigenvalue weighted by molar-refractivity contribution is 0.443. The van der Waals surface area contributed by atoms with Gasteiger partial charge in [0.1, 0.15) is 0 Å². The van der Waals surface area contributed by atoms with Crippen molar-refractivity contribution in [3.05, 3.63) is 77.4 Å². The van der Waals surface area contributed by atoms with Crippen LogP contribution in [0.25, 0.3) is 22.4 Å². The number of nitrogens with zero attached hydrogens (tertiary/aromatic N) is 1. The van der Waals surface area contributed by atoms with Gasteiger partial charge in [-0.25, -0.2) is 0 Å². The summed E-state index contributed by atoms with van der Waals surface area (Å²) < 4.78 is 0. The molecule has 1 saturated carbocycles. The fourth-order valence-electron chi connectivity index (χ4n) is 3.80. The van der Waals surface area contributed by atoms with Gasteiger partial charge in [0.05, 0.1) is 10.7 Å². The van der Waals surface area contributed by atoms with E-state index < -0.39 is 0 Å². The highest BCUT2D eigenvalue weighted by Gasteiger charge is 2.15. The minimum atomic E-state index is 0.699. The lowest BCUT2D eigenvalue weighted by Crippen LogP contribution is -2.04. The van der Waals surface area contributed by atoms with Crippen molar-refractivity contribution in [2.75, 3.05) is 0 Å². The van der Waals surface area contributed by atoms with Crippen molar-refractivity contribution >= 4 is 11.6 Å². The van der Waals surface area contributed by atoms with E-state index in [1.54, 1.807) is 6.20 Å². The predicted octanol–water partition coefficient (Wildman–Crippen LogP) is 7.12. The van der Waals surface area contributed by atoms with Crippen molar-refractivity contribution in [3.63, 3.8) is 0 Å². The number of hydrogen-bond donors (Lipinski definition) is 0. The minimum absolute atomic E-state index is 0.699. The van der Waals surface area contributed by atoms with E-state index in [-0.39, 0.29) is 0 Å². The molecule has 1 aromatic heterocycles. The van der Waals surface area contributed by atoms with E-state index in [0.717, 1.165) is 28.3 Å². The molecule has 2 heteroatoms. The molecule has 3 aromatic rings. The van der Waals surface area contributed by atoms with Crippen LogP contribution in [-0.2, 0) is 0 Å². The van der Waals surface area contributed by atoms with Crippen molar-refractivity contribution in [1.82, 2.24) is 4.98 Å². The van der Waals surface area contributed by atoms with Crippen molar-refractivity contribution in [2.45, 2.75) is 38.0 Å². The van der Waals surface area contributed by atoms with Gasteiger partial charge in [-0.15, -0.1) is 0 Å². The Labute approximate surface area is 154 Å². The average molecular weight is 348 g/mol. The van der Waals surface area contributed by atoms with E-state index in [2.05, 4.69) is 47.4 Å². The van der Waals surface area contributed by atoms with Crippen molar-refractivity contribution < 1.29 is 0 Å². The molecule has 0 unspecified atom stereocenters. The molecule has 0 spiro atoms. The highest BCUT2D eigenvalue weighted by atomic mass is 35.5. The monoisotopic (exact) mass is 347 g/mol. The quantitative estimate of drug-likeness (QED) is 0.491. The molecule has 0 bridgehead atoms. The number of halogens is 1. The van der Waals surface area contributed by atoms with Crippen LogP contribution in [0, 0.1) is 0 Å². The molecule has 2 aromatic carbocycles. The Morgan fingerprint density at radius 3 is 2.24 bits per heavy atom. The van der Waals surface area contributed by atoms with Crippen LogP contribution in [0.3, 0.4) is 0 Å². The second kappa shape index (κ2) is 7.41. The number of hydrogen-bond acceptors (Lipinski definition) is 1. The summed E-state index contributed by atoms with van der Waals surface area (Å²) in [7, 11) is 0. The SMILES string of the molecule is Clc1cnc(-c2ccccc2)cc1-c1ccc(C2CCCCC2)cc1. The third-order valence-corrected chi connectivity index (χ3v) is 5.52. The zero-order valence-electron chi connectivity index (χ0n) is 14.3. The molecule has 1 fully saturated rings. The Kier molecular flexibility index (Phi) is 4.85.